The van der Waals surface area contributed by atoms with Crippen molar-refractivity contribution in [1.82, 2.24) is 9.78 Å². The van der Waals surface area contributed by atoms with Crippen molar-refractivity contribution in [3.05, 3.63) is 36.0 Å². The lowest BCUT2D eigenvalue weighted by Crippen LogP contribution is -1.98. The first-order valence-electron chi connectivity index (χ1n) is 6.08. The molecule has 2 N–H and O–H groups in total. The van der Waals surface area contributed by atoms with Crippen LogP contribution in [0.5, 0.6) is 0 Å². The van der Waals surface area contributed by atoms with Crippen LogP contribution in [-0.2, 0) is 6.54 Å². The van der Waals surface area contributed by atoms with Crippen LogP contribution >= 0.6 is 0 Å². The SMILES string of the molecule is CCCCn1cc(N)c(-c2cccc(C#N)c2)n1. The van der Waals surface area contributed by atoms with E-state index in [0.717, 1.165) is 30.6 Å². The Balaban J connectivity index is 2.32. The summed E-state index contributed by atoms with van der Waals surface area (Å²) in [6, 6.07) is 9.47. The van der Waals surface area contributed by atoms with Crippen LogP contribution in [0.1, 0.15) is 25.3 Å². The van der Waals surface area contributed by atoms with Crippen LogP contribution in [-0.4, -0.2) is 9.78 Å². The summed E-state index contributed by atoms with van der Waals surface area (Å²) in [6.45, 7) is 3.02. The molecule has 0 aliphatic heterocycles. The van der Waals surface area contributed by atoms with Gasteiger partial charge in [-0.05, 0) is 18.6 Å². The Bertz CT molecular complexity index is 578. The number of nitriles is 1. The van der Waals surface area contributed by atoms with E-state index in [4.69, 9.17) is 11.0 Å². The van der Waals surface area contributed by atoms with Crippen molar-refractivity contribution < 1.29 is 0 Å². The molecule has 92 valence electrons. The van der Waals surface area contributed by atoms with Crippen molar-refractivity contribution in [2.45, 2.75) is 26.3 Å². The van der Waals surface area contributed by atoms with Gasteiger partial charge in [0.1, 0.15) is 5.69 Å². The van der Waals surface area contributed by atoms with Crippen LogP contribution in [0.2, 0.25) is 0 Å². The average molecular weight is 240 g/mol. The number of aryl methyl sites for hydroxylation is 1. The van der Waals surface area contributed by atoms with Crippen molar-refractivity contribution in [3.8, 4) is 17.3 Å². The fraction of sp³-hybridized carbons (Fsp3) is 0.286. The second-order valence-electron chi connectivity index (χ2n) is 4.24. The Labute approximate surface area is 107 Å². The van der Waals surface area contributed by atoms with Gasteiger partial charge in [-0.25, -0.2) is 0 Å². The number of nitrogen functional groups attached to an aromatic ring is 1. The molecule has 1 heterocycles. The molecule has 0 bridgehead atoms. The van der Waals surface area contributed by atoms with Gasteiger partial charge < -0.3 is 5.73 Å². The molecule has 4 heteroatoms. The average Bonchev–Trinajstić information content (AvgIpc) is 2.77. The number of nitrogens with zero attached hydrogens (tertiary/aromatic N) is 3. The zero-order valence-electron chi connectivity index (χ0n) is 10.4. The number of rotatable bonds is 4. The lowest BCUT2D eigenvalue weighted by molar-refractivity contribution is 0.573. The molecule has 0 unspecified atom stereocenters. The Kier molecular flexibility index (Phi) is 3.63. The number of anilines is 1. The molecular weight excluding hydrogens is 224 g/mol. The summed E-state index contributed by atoms with van der Waals surface area (Å²) in [6.07, 6.45) is 4.06. The molecule has 0 saturated heterocycles. The second kappa shape index (κ2) is 5.37. The van der Waals surface area contributed by atoms with E-state index in [-0.39, 0.29) is 0 Å². The van der Waals surface area contributed by atoms with Gasteiger partial charge in [-0.2, -0.15) is 10.4 Å². The van der Waals surface area contributed by atoms with Crippen LogP contribution in [0.3, 0.4) is 0 Å². The predicted molar refractivity (Wildman–Crippen MR) is 71.7 cm³/mol. The summed E-state index contributed by atoms with van der Waals surface area (Å²) >= 11 is 0. The van der Waals surface area contributed by atoms with Gasteiger partial charge in [-0.3, -0.25) is 4.68 Å². The number of nitrogens with two attached hydrogens (primary N) is 1. The Morgan fingerprint density at radius 1 is 1.44 bits per heavy atom. The van der Waals surface area contributed by atoms with Gasteiger partial charge in [0.25, 0.3) is 0 Å². The summed E-state index contributed by atoms with van der Waals surface area (Å²) in [7, 11) is 0. The fourth-order valence-electron chi connectivity index (χ4n) is 1.83. The van der Waals surface area contributed by atoms with Crippen molar-refractivity contribution in [2.24, 2.45) is 0 Å². The lowest BCUT2D eigenvalue weighted by atomic mass is 10.1. The van der Waals surface area contributed by atoms with E-state index in [1.165, 1.54) is 0 Å². The maximum absolute atomic E-state index is 8.89. The van der Waals surface area contributed by atoms with E-state index in [9.17, 15) is 0 Å². The van der Waals surface area contributed by atoms with E-state index in [1.807, 2.05) is 29.1 Å². The highest BCUT2D eigenvalue weighted by molar-refractivity contribution is 5.72. The molecule has 0 radical (unpaired) electrons. The highest BCUT2D eigenvalue weighted by Gasteiger charge is 2.08. The highest BCUT2D eigenvalue weighted by atomic mass is 15.3. The third-order valence-electron chi connectivity index (χ3n) is 2.80. The van der Waals surface area contributed by atoms with Crippen LogP contribution in [0.25, 0.3) is 11.3 Å². The smallest absolute Gasteiger partial charge is 0.115 e. The molecule has 2 rings (SSSR count). The van der Waals surface area contributed by atoms with Crippen LogP contribution in [0, 0.1) is 11.3 Å². The fourth-order valence-corrected chi connectivity index (χ4v) is 1.83. The molecule has 0 amide bonds. The third kappa shape index (κ3) is 2.51. The molecule has 18 heavy (non-hydrogen) atoms. The van der Waals surface area contributed by atoms with Crippen LogP contribution in [0.4, 0.5) is 5.69 Å². The molecule has 0 aliphatic rings. The molecule has 0 spiro atoms. The summed E-state index contributed by atoms with van der Waals surface area (Å²) in [5, 5.41) is 13.4. The van der Waals surface area contributed by atoms with E-state index in [0.29, 0.717) is 11.3 Å². The largest absolute Gasteiger partial charge is 0.396 e. The van der Waals surface area contributed by atoms with Crippen molar-refractivity contribution in [1.29, 1.82) is 5.26 Å². The molecular formula is C14H16N4. The molecule has 0 atom stereocenters. The Morgan fingerprint density at radius 2 is 2.28 bits per heavy atom. The van der Waals surface area contributed by atoms with Gasteiger partial charge in [-0.15, -0.1) is 0 Å². The summed E-state index contributed by atoms with van der Waals surface area (Å²) in [5.41, 5.74) is 8.89. The first-order chi connectivity index (χ1) is 8.74. The van der Waals surface area contributed by atoms with Gasteiger partial charge >= 0.3 is 0 Å². The quantitative estimate of drug-likeness (QED) is 0.893. The molecule has 1 aromatic carbocycles. The zero-order chi connectivity index (χ0) is 13.0. The minimum Gasteiger partial charge on any atom is -0.396 e. The van der Waals surface area contributed by atoms with Gasteiger partial charge in [0, 0.05) is 18.3 Å². The van der Waals surface area contributed by atoms with E-state index < -0.39 is 0 Å². The highest BCUT2D eigenvalue weighted by Crippen LogP contribution is 2.24. The summed E-state index contributed by atoms with van der Waals surface area (Å²) < 4.78 is 1.87. The maximum Gasteiger partial charge on any atom is 0.115 e. The summed E-state index contributed by atoms with van der Waals surface area (Å²) in [4.78, 5) is 0. The first-order valence-corrected chi connectivity index (χ1v) is 6.08. The maximum atomic E-state index is 8.89. The van der Waals surface area contributed by atoms with Gasteiger partial charge in [0.15, 0.2) is 0 Å². The third-order valence-corrected chi connectivity index (χ3v) is 2.80. The van der Waals surface area contributed by atoms with E-state index in [1.54, 1.807) is 6.07 Å². The molecule has 0 fully saturated rings. The van der Waals surface area contributed by atoms with Crippen molar-refractivity contribution >= 4 is 5.69 Å². The molecule has 2 aromatic rings. The summed E-state index contributed by atoms with van der Waals surface area (Å²) in [5.74, 6) is 0. The van der Waals surface area contributed by atoms with Crippen molar-refractivity contribution in [3.63, 3.8) is 0 Å². The molecule has 0 aliphatic carbocycles. The number of unbranched alkanes of at least 4 members (excludes halogenated alkanes) is 1. The van der Waals surface area contributed by atoms with E-state index in [2.05, 4.69) is 18.1 Å². The zero-order valence-corrected chi connectivity index (χ0v) is 10.4. The number of hydrogen-bond donors (Lipinski definition) is 1. The predicted octanol–water partition coefficient (Wildman–Crippen LogP) is 2.80. The van der Waals surface area contributed by atoms with Crippen LogP contribution in [0.15, 0.2) is 30.5 Å². The van der Waals surface area contributed by atoms with Crippen LogP contribution < -0.4 is 5.73 Å². The van der Waals surface area contributed by atoms with Gasteiger partial charge in [0.05, 0.1) is 17.3 Å². The minimum absolute atomic E-state index is 0.620. The van der Waals surface area contributed by atoms with Gasteiger partial charge in [0.2, 0.25) is 0 Å². The Hall–Kier alpha value is -2.28. The normalized spacial score (nSPS) is 10.2. The molecule has 0 saturated carbocycles. The monoisotopic (exact) mass is 240 g/mol. The standard InChI is InChI=1S/C14H16N4/c1-2-3-7-18-10-13(16)14(17-18)12-6-4-5-11(8-12)9-15/h4-6,8,10H,2-3,7,16H2,1H3. The van der Waals surface area contributed by atoms with Crippen molar-refractivity contribution in [2.75, 3.05) is 5.73 Å². The topological polar surface area (TPSA) is 67.6 Å². The van der Waals surface area contributed by atoms with E-state index >= 15 is 0 Å². The number of aromatic nitrogens is 2. The number of hydrogen-bond acceptors (Lipinski definition) is 3. The second-order valence-corrected chi connectivity index (χ2v) is 4.24. The minimum atomic E-state index is 0.620. The Morgan fingerprint density at radius 3 is 3.00 bits per heavy atom. The first kappa shape index (κ1) is 12.2. The van der Waals surface area contributed by atoms with Gasteiger partial charge in [-0.1, -0.05) is 25.5 Å². The molecule has 1 aromatic heterocycles. The number of benzene rings is 1. The lowest BCUT2D eigenvalue weighted by Gasteiger charge is -1.99. The molecule has 4 nitrogen and oxygen atoms in total.